The monoisotopic (exact) mass is 495 g/mol. The van der Waals surface area contributed by atoms with Crippen LogP contribution in [0.3, 0.4) is 0 Å². The lowest BCUT2D eigenvalue weighted by Crippen LogP contribution is -2.53. The number of fused-ring (bicyclic) bond motifs is 1. The molecule has 3 heterocycles. The number of hydrazine groups is 1. The minimum absolute atomic E-state index is 0.0782. The fourth-order valence-corrected chi connectivity index (χ4v) is 4.03. The predicted molar refractivity (Wildman–Crippen MR) is 131 cm³/mol. The Morgan fingerprint density at radius 2 is 2.00 bits per heavy atom. The highest BCUT2D eigenvalue weighted by molar-refractivity contribution is 6.44. The number of likely N-dealkylation sites (N-methyl/N-ethyl adjacent to an activating group) is 1. The van der Waals surface area contributed by atoms with Crippen LogP contribution in [0.4, 0.5) is 5.69 Å². The summed E-state index contributed by atoms with van der Waals surface area (Å²) in [6, 6.07) is 4.41. The molecule has 3 N–H and O–H groups in total. The number of hydrogen-bond donors (Lipinski definition) is 3. The first-order chi connectivity index (χ1) is 17.3. The van der Waals surface area contributed by atoms with Gasteiger partial charge in [-0.1, -0.05) is 6.07 Å². The molecule has 0 saturated carbocycles. The van der Waals surface area contributed by atoms with E-state index in [0.29, 0.717) is 43.4 Å². The second kappa shape index (κ2) is 10.6. The average Bonchev–Trinajstić information content (AvgIpc) is 3.22. The predicted octanol–water partition coefficient (Wildman–Crippen LogP) is -0.0410. The number of carbonyl (C=O) groups excluding carboxylic acids is 4. The van der Waals surface area contributed by atoms with Gasteiger partial charge in [0.1, 0.15) is 23.3 Å². The highest BCUT2D eigenvalue weighted by atomic mass is 16.5. The molecule has 0 radical (unpaired) electrons. The number of likely N-dealkylation sites (tertiary alicyclic amines) is 1. The van der Waals surface area contributed by atoms with Gasteiger partial charge in [-0.25, -0.2) is 10.0 Å². The number of amides is 3. The Balaban J connectivity index is 1.47. The number of carbonyl (C=O) groups is 4. The molecule has 3 amide bonds. The Morgan fingerprint density at radius 3 is 2.67 bits per heavy atom. The number of nitrogens with one attached hydrogen (secondary N) is 3. The number of anilines is 1. The van der Waals surface area contributed by atoms with Crippen molar-refractivity contribution < 1.29 is 23.9 Å². The molecule has 36 heavy (non-hydrogen) atoms. The molecule has 3 aliphatic heterocycles. The van der Waals surface area contributed by atoms with Crippen molar-refractivity contribution in [2.24, 2.45) is 4.99 Å². The highest BCUT2D eigenvalue weighted by Crippen LogP contribution is 2.27. The Labute approximate surface area is 208 Å². The summed E-state index contributed by atoms with van der Waals surface area (Å²) < 4.78 is 4.92. The highest BCUT2D eigenvalue weighted by Gasteiger charge is 2.35. The van der Waals surface area contributed by atoms with Gasteiger partial charge in [-0.3, -0.25) is 24.2 Å². The molecular formula is C24H29N7O5. The van der Waals surface area contributed by atoms with Crippen LogP contribution in [0.25, 0.3) is 0 Å². The van der Waals surface area contributed by atoms with Crippen LogP contribution in [0, 0.1) is 0 Å². The maximum atomic E-state index is 13.2. The minimum atomic E-state index is -0.692. The van der Waals surface area contributed by atoms with Crippen molar-refractivity contribution in [3.8, 4) is 5.75 Å². The van der Waals surface area contributed by atoms with Gasteiger partial charge in [-0.2, -0.15) is 0 Å². The van der Waals surface area contributed by atoms with Crippen LogP contribution in [0.1, 0.15) is 18.9 Å². The summed E-state index contributed by atoms with van der Waals surface area (Å²) in [6.45, 7) is 4.10. The average molecular weight is 496 g/mol. The molecular weight excluding hydrogens is 466 g/mol. The zero-order valence-electron chi connectivity index (χ0n) is 20.4. The molecule has 1 aromatic rings. The van der Waals surface area contributed by atoms with Crippen molar-refractivity contribution in [2.75, 3.05) is 39.0 Å². The van der Waals surface area contributed by atoms with Crippen LogP contribution in [-0.4, -0.2) is 84.6 Å². The van der Waals surface area contributed by atoms with E-state index >= 15 is 0 Å². The SMILES string of the molecule is CNc1cc(CNC(=O)C2=NC3=CCN(C)N3C(C(=O)NC(C)C(=O)N3CCC3)=C2)ccc1OC=O. The largest absolute Gasteiger partial charge is 0.427 e. The summed E-state index contributed by atoms with van der Waals surface area (Å²) in [4.78, 5) is 55.4. The summed E-state index contributed by atoms with van der Waals surface area (Å²) in [7, 11) is 3.50. The lowest BCUT2D eigenvalue weighted by molar-refractivity contribution is -0.138. The lowest BCUT2D eigenvalue weighted by atomic mass is 10.1. The quantitative estimate of drug-likeness (QED) is 0.406. The standard InChI is InChI=1S/C24H29N7O5/c1-15(24(35)30-8-4-9-30)27-23(34)19-12-18(28-21-7-10-29(3)31(19)21)22(33)26-13-16-5-6-20(36-14-32)17(11-16)25-2/h5-7,11-12,14-15,25H,4,8-10,13H2,1-3H3,(H,26,33)(H,27,34). The number of aliphatic imine (C=N–C) groups is 1. The molecule has 12 nitrogen and oxygen atoms in total. The number of benzene rings is 1. The zero-order chi connectivity index (χ0) is 25.8. The summed E-state index contributed by atoms with van der Waals surface area (Å²) in [6.07, 6.45) is 4.20. The molecule has 0 aliphatic carbocycles. The van der Waals surface area contributed by atoms with Crippen molar-refractivity contribution in [3.05, 3.63) is 47.4 Å². The molecule has 12 heteroatoms. The molecule has 1 aromatic carbocycles. The molecule has 1 saturated heterocycles. The molecule has 1 atom stereocenters. The molecule has 190 valence electrons. The summed E-state index contributed by atoms with van der Waals surface area (Å²) in [5.74, 6) is -0.226. The van der Waals surface area contributed by atoms with Gasteiger partial charge in [0.25, 0.3) is 18.3 Å². The minimum Gasteiger partial charge on any atom is -0.427 e. The van der Waals surface area contributed by atoms with E-state index in [1.165, 1.54) is 6.08 Å². The molecule has 0 bridgehead atoms. The van der Waals surface area contributed by atoms with Crippen LogP contribution in [0.15, 0.2) is 46.9 Å². The first-order valence-corrected chi connectivity index (χ1v) is 11.6. The lowest BCUT2D eigenvalue weighted by Gasteiger charge is -2.34. The molecule has 0 aromatic heterocycles. The molecule has 4 rings (SSSR count). The van der Waals surface area contributed by atoms with Gasteiger partial charge in [0.2, 0.25) is 5.91 Å². The fraction of sp³-hybridized carbons (Fsp3) is 0.375. The van der Waals surface area contributed by atoms with E-state index in [4.69, 9.17) is 4.74 Å². The van der Waals surface area contributed by atoms with E-state index < -0.39 is 17.9 Å². The van der Waals surface area contributed by atoms with Crippen molar-refractivity contribution >= 4 is 35.6 Å². The van der Waals surface area contributed by atoms with Crippen LogP contribution < -0.4 is 20.7 Å². The van der Waals surface area contributed by atoms with Crippen molar-refractivity contribution in [1.29, 1.82) is 0 Å². The summed E-state index contributed by atoms with van der Waals surface area (Å²) in [5.41, 5.74) is 1.65. The maximum Gasteiger partial charge on any atom is 0.298 e. The first kappa shape index (κ1) is 24.9. The van der Waals surface area contributed by atoms with E-state index in [9.17, 15) is 19.2 Å². The van der Waals surface area contributed by atoms with Gasteiger partial charge in [-0.15, -0.1) is 0 Å². The van der Waals surface area contributed by atoms with Crippen LogP contribution >= 0.6 is 0 Å². The summed E-state index contributed by atoms with van der Waals surface area (Å²) >= 11 is 0. The number of hydrogen-bond acceptors (Lipinski definition) is 9. The topological polar surface area (TPSA) is 136 Å². The molecule has 0 spiro atoms. The van der Waals surface area contributed by atoms with Gasteiger partial charge in [0.15, 0.2) is 5.75 Å². The Bertz CT molecular complexity index is 1170. The third kappa shape index (κ3) is 5.08. The first-order valence-electron chi connectivity index (χ1n) is 11.6. The van der Waals surface area contributed by atoms with Gasteiger partial charge >= 0.3 is 0 Å². The maximum absolute atomic E-state index is 13.2. The third-order valence-electron chi connectivity index (χ3n) is 6.13. The van der Waals surface area contributed by atoms with Crippen molar-refractivity contribution in [2.45, 2.75) is 25.9 Å². The van der Waals surface area contributed by atoms with Gasteiger partial charge < -0.3 is 25.6 Å². The summed E-state index contributed by atoms with van der Waals surface area (Å²) in [5, 5.41) is 11.9. The molecule has 1 fully saturated rings. The van der Waals surface area contributed by atoms with E-state index in [2.05, 4.69) is 20.9 Å². The smallest absolute Gasteiger partial charge is 0.298 e. The van der Waals surface area contributed by atoms with Crippen LogP contribution in [-0.2, 0) is 25.7 Å². The van der Waals surface area contributed by atoms with Gasteiger partial charge in [0.05, 0.1) is 5.69 Å². The van der Waals surface area contributed by atoms with E-state index in [1.54, 1.807) is 54.1 Å². The van der Waals surface area contributed by atoms with Gasteiger partial charge in [0, 0.05) is 46.4 Å². The number of ether oxygens (including phenoxy) is 1. The third-order valence-corrected chi connectivity index (χ3v) is 6.13. The Morgan fingerprint density at radius 1 is 1.22 bits per heavy atom. The van der Waals surface area contributed by atoms with Crippen LogP contribution in [0.5, 0.6) is 5.75 Å². The second-order valence-corrected chi connectivity index (χ2v) is 8.59. The van der Waals surface area contributed by atoms with Crippen LogP contribution in [0.2, 0.25) is 0 Å². The van der Waals surface area contributed by atoms with E-state index in [0.717, 1.165) is 12.0 Å². The Kier molecular flexibility index (Phi) is 7.34. The van der Waals surface area contributed by atoms with E-state index in [-0.39, 0.29) is 23.9 Å². The number of rotatable bonds is 9. The van der Waals surface area contributed by atoms with Crippen molar-refractivity contribution in [1.82, 2.24) is 25.6 Å². The molecule has 1 unspecified atom stereocenters. The molecule has 3 aliphatic rings. The van der Waals surface area contributed by atoms with Gasteiger partial charge in [-0.05, 0) is 37.1 Å². The zero-order valence-corrected chi connectivity index (χ0v) is 20.4. The fourth-order valence-electron chi connectivity index (χ4n) is 4.03. The normalized spacial score (nSPS) is 17.6. The second-order valence-electron chi connectivity index (χ2n) is 8.59. The Hall–Kier alpha value is -4.19. The van der Waals surface area contributed by atoms with Crippen molar-refractivity contribution in [3.63, 3.8) is 0 Å². The van der Waals surface area contributed by atoms with E-state index in [1.807, 2.05) is 6.08 Å². The number of nitrogens with zero attached hydrogens (tertiary/aromatic N) is 4.